The van der Waals surface area contributed by atoms with Gasteiger partial charge in [-0.2, -0.15) is 0 Å². The van der Waals surface area contributed by atoms with Crippen molar-refractivity contribution in [3.8, 4) is 5.75 Å². The molecule has 3 unspecified atom stereocenters. The van der Waals surface area contributed by atoms with Crippen molar-refractivity contribution in [2.45, 2.75) is 83.3 Å². The molecule has 34 heavy (non-hydrogen) atoms. The fourth-order valence-electron chi connectivity index (χ4n) is 6.79. The molecule has 2 bridgehead atoms. The Labute approximate surface area is 206 Å². The first-order valence-corrected chi connectivity index (χ1v) is 13.7. The van der Waals surface area contributed by atoms with Gasteiger partial charge in [-0.1, -0.05) is 51.5 Å². The van der Waals surface area contributed by atoms with Gasteiger partial charge in [-0.3, -0.25) is 4.98 Å². The predicted octanol–water partition coefficient (Wildman–Crippen LogP) is 6.83. The highest BCUT2D eigenvalue weighted by Crippen LogP contribution is 2.47. The number of hydrogen-bond acceptors (Lipinski definition) is 3. The molecule has 0 saturated carbocycles. The number of aromatic nitrogens is 1. The number of benzene rings is 1. The van der Waals surface area contributed by atoms with Gasteiger partial charge in [0, 0.05) is 30.3 Å². The zero-order valence-corrected chi connectivity index (χ0v) is 21.4. The van der Waals surface area contributed by atoms with Crippen LogP contribution in [-0.2, 0) is 0 Å². The Kier molecular flexibility index (Phi) is 8.65. The van der Waals surface area contributed by atoms with Crippen molar-refractivity contribution in [1.82, 2.24) is 4.98 Å². The number of rotatable bonds is 13. The van der Waals surface area contributed by atoms with Crippen LogP contribution >= 0.6 is 0 Å². The lowest BCUT2D eigenvalue weighted by atomic mass is 9.71. The van der Waals surface area contributed by atoms with Gasteiger partial charge in [0.2, 0.25) is 0 Å². The second kappa shape index (κ2) is 11.7. The minimum atomic E-state index is -0.486. The predicted molar refractivity (Wildman–Crippen MR) is 141 cm³/mol. The Bertz CT molecular complexity index is 945. The van der Waals surface area contributed by atoms with E-state index in [2.05, 4.69) is 24.6 Å². The maximum absolute atomic E-state index is 11.9. The van der Waals surface area contributed by atoms with Crippen LogP contribution in [-0.4, -0.2) is 47.4 Å². The number of quaternary nitrogens is 1. The molecule has 4 heterocycles. The maximum Gasteiger partial charge on any atom is 0.131 e. The van der Waals surface area contributed by atoms with Crippen LogP contribution in [0.5, 0.6) is 5.75 Å². The van der Waals surface area contributed by atoms with E-state index in [0.717, 1.165) is 39.7 Å². The van der Waals surface area contributed by atoms with Crippen molar-refractivity contribution in [3.63, 3.8) is 0 Å². The molecule has 4 nitrogen and oxygen atoms in total. The number of hydrogen-bond donors (Lipinski definition) is 1. The summed E-state index contributed by atoms with van der Waals surface area (Å²) >= 11 is 0. The summed E-state index contributed by atoms with van der Waals surface area (Å²) in [6.07, 6.45) is 16.7. The van der Waals surface area contributed by atoms with E-state index in [1.807, 2.05) is 30.5 Å². The minimum Gasteiger partial charge on any atom is -0.497 e. The lowest BCUT2D eigenvalue weighted by molar-refractivity contribution is -0.973. The lowest BCUT2D eigenvalue weighted by Crippen LogP contribution is -2.68. The molecular formula is C30H45N2O2+. The zero-order chi connectivity index (χ0) is 24.0. The number of aliphatic hydroxyl groups excluding tert-OH is 1. The maximum atomic E-state index is 11.9. The van der Waals surface area contributed by atoms with Gasteiger partial charge in [0.25, 0.3) is 0 Å². The molecule has 1 N–H and O–H groups in total. The van der Waals surface area contributed by atoms with E-state index in [-0.39, 0.29) is 6.04 Å². The van der Waals surface area contributed by atoms with Gasteiger partial charge in [0.05, 0.1) is 32.3 Å². The molecular weight excluding hydrogens is 420 g/mol. The third-order valence-electron chi connectivity index (χ3n) is 8.80. The van der Waals surface area contributed by atoms with E-state index in [0.29, 0.717) is 11.8 Å². The lowest BCUT2D eigenvalue weighted by Gasteiger charge is -2.58. The number of piperidine rings is 3. The van der Waals surface area contributed by atoms with E-state index in [1.165, 1.54) is 70.9 Å². The number of methoxy groups -OCH3 is 1. The second-order valence-corrected chi connectivity index (χ2v) is 10.8. The molecule has 0 amide bonds. The molecule has 1 aromatic heterocycles. The molecule has 1 aromatic carbocycles. The summed E-state index contributed by atoms with van der Waals surface area (Å²) in [5.74, 6) is 2.05. The smallest absolute Gasteiger partial charge is 0.131 e. The molecule has 2 aromatic rings. The Morgan fingerprint density at radius 3 is 2.65 bits per heavy atom. The van der Waals surface area contributed by atoms with Gasteiger partial charge in [-0.15, -0.1) is 6.58 Å². The molecule has 0 aliphatic carbocycles. The van der Waals surface area contributed by atoms with Crippen molar-refractivity contribution in [2.75, 3.05) is 26.7 Å². The fourth-order valence-corrected chi connectivity index (χ4v) is 6.79. The first-order chi connectivity index (χ1) is 16.6. The van der Waals surface area contributed by atoms with Gasteiger partial charge in [-0.25, -0.2) is 0 Å². The normalized spacial score (nSPS) is 27.1. The summed E-state index contributed by atoms with van der Waals surface area (Å²) in [5, 5.41) is 12.9. The SMILES string of the molecule is C=CC1C[N+]2(CCCCCCCCCC)CCC1C[C@H]2[C@@H](O)c1ccnc2ccc(OC)cc12. The van der Waals surface area contributed by atoms with Crippen molar-refractivity contribution in [3.05, 3.63) is 48.7 Å². The molecule has 3 aliphatic rings. The van der Waals surface area contributed by atoms with E-state index < -0.39 is 6.10 Å². The van der Waals surface area contributed by atoms with E-state index in [1.54, 1.807) is 7.11 Å². The van der Waals surface area contributed by atoms with Gasteiger partial charge < -0.3 is 14.3 Å². The highest BCUT2D eigenvalue weighted by Gasteiger charge is 2.53. The standard InChI is InChI=1S/C30H45N2O2/c1-4-6-7-8-9-10-11-12-18-32-19-16-24(23(5-2)22-32)20-29(32)30(33)26-15-17-31-28-14-13-25(34-3)21-27(26)28/h5,13-15,17,21,23-24,29-30,33H,2,4,6-12,16,18-20,22H2,1,3H3/q+1/t23?,24?,29-,30-,32?/m0/s1. The van der Waals surface area contributed by atoms with Crippen LogP contribution in [0.3, 0.4) is 0 Å². The topological polar surface area (TPSA) is 42.4 Å². The number of nitrogens with zero attached hydrogens (tertiary/aromatic N) is 2. The van der Waals surface area contributed by atoms with Gasteiger partial charge in [0.1, 0.15) is 17.9 Å². The van der Waals surface area contributed by atoms with Crippen molar-refractivity contribution >= 4 is 10.9 Å². The van der Waals surface area contributed by atoms with E-state index >= 15 is 0 Å². The number of pyridine rings is 1. The Morgan fingerprint density at radius 2 is 1.91 bits per heavy atom. The first-order valence-electron chi connectivity index (χ1n) is 13.7. The second-order valence-electron chi connectivity index (χ2n) is 10.8. The van der Waals surface area contributed by atoms with Crippen LogP contribution in [0.2, 0.25) is 0 Å². The van der Waals surface area contributed by atoms with Gasteiger partial charge in [0.15, 0.2) is 0 Å². The van der Waals surface area contributed by atoms with Gasteiger partial charge in [-0.05, 0) is 48.6 Å². The summed E-state index contributed by atoms with van der Waals surface area (Å²) in [4.78, 5) is 4.55. The monoisotopic (exact) mass is 465 g/mol. The van der Waals surface area contributed by atoms with Crippen molar-refractivity contribution in [1.29, 1.82) is 0 Å². The van der Waals surface area contributed by atoms with Crippen LogP contribution in [0.15, 0.2) is 43.1 Å². The van der Waals surface area contributed by atoms with E-state index in [4.69, 9.17) is 4.74 Å². The molecule has 3 fully saturated rings. The summed E-state index contributed by atoms with van der Waals surface area (Å²) < 4.78 is 6.54. The quantitative estimate of drug-likeness (QED) is 0.200. The number of aliphatic hydroxyl groups is 1. The molecule has 186 valence electrons. The molecule has 0 radical (unpaired) electrons. The molecule has 5 atom stereocenters. The number of ether oxygens (including phenoxy) is 1. The largest absolute Gasteiger partial charge is 0.497 e. The van der Waals surface area contributed by atoms with Gasteiger partial charge >= 0.3 is 0 Å². The number of unbranched alkanes of at least 4 members (excludes halogenated alkanes) is 7. The summed E-state index contributed by atoms with van der Waals surface area (Å²) in [6, 6.07) is 8.25. The molecule has 3 saturated heterocycles. The third kappa shape index (κ3) is 5.33. The van der Waals surface area contributed by atoms with Crippen LogP contribution in [0.25, 0.3) is 10.9 Å². The molecule has 3 aliphatic heterocycles. The highest BCUT2D eigenvalue weighted by atomic mass is 16.5. The summed E-state index contributed by atoms with van der Waals surface area (Å²) in [7, 11) is 1.69. The first kappa shape index (κ1) is 25.2. The van der Waals surface area contributed by atoms with Crippen molar-refractivity contribution in [2.24, 2.45) is 11.8 Å². The molecule has 5 rings (SSSR count). The van der Waals surface area contributed by atoms with Crippen LogP contribution in [0.4, 0.5) is 0 Å². The zero-order valence-electron chi connectivity index (χ0n) is 21.4. The third-order valence-corrected chi connectivity index (χ3v) is 8.80. The summed E-state index contributed by atoms with van der Waals surface area (Å²) in [5.41, 5.74) is 1.93. The average Bonchev–Trinajstić information content (AvgIpc) is 2.89. The van der Waals surface area contributed by atoms with Crippen LogP contribution in [0.1, 0.15) is 82.8 Å². The molecule has 4 heteroatoms. The number of fused-ring (bicyclic) bond motifs is 4. The van der Waals surface area contributed by atoms with E-state index in [9.17, 15) is 5.11 Å². The van der Waals surface area contributed by atoms with Crippen LogP contribution < -0.4 is 4.74 Å². The average molecular weight is 466 g/mol. The van der Waals surface area contributed by atoms with Crippen LogP contribution in [0, 0.1) is 11.8 Å². The van der Waals surface area contributed by atoms with Crippen molar-refractivity contribution < 1.29 is 14.3 Å². The Hall–Kier alpha value is -1.91. The molecule has 0 spiro atoms. The highest BCUT2D eigenvalue weighted by molar-refractivity contribution is 5.83. The summed E-state index contributed by atoms with van der Waals surface area (Å²) in [6.45, 7) is 9.97. The fraction of sp³-hybridized carbons (Fsp3) is 0.633. The Morgan fingerprint density at radius 1 is 1.15 bits per heavy atom. The Balaban J connectivity index is 1.50. The minimum absolute atomic E-state index is 0.247.